The van der Waals surface area contributed by atoms with Crippen LogP contribution in [0, 0.1) is 5.92 Å². The topological polar surface area (TPSA) is 49.3 Å². The van der Waals surface area contributed by atoms with Crippen LogP contribution >= 0.6 is 11.6 Å². The summed E-state index contributed by atoms with van der Waals surface area (Å²) in [6, 6.07) is 5.33. The van der Waals surface area contributed by atoms with Crippen molar-refractivity contribution in [1.29, 1.82) is 0 Å². The monoisotopic (exact) mass is 281 g/mol. The average Bonchev–Trinajstić information content (AvgIpc) is 2.41. The molecular formula is C15H20ClNO2. The van der Waals surface area contributed by atoms with Gasteiger partial charge < -0.3 is 10.4 Å². The van der Waals surface area contributed by atoms with Gasteiger partial charge in [0.15, 0.2) is 0 Å². The highest BCUT2D eigenvalue weighted by atomic mass is 35.5. The Balaban J connectivity index is 2.11. The van der Waals surface area contributed by atoms with Gasteiger partial charge in [-0.1, -0.05) is 37.8 Å². The van der Waals surface area contributed by atoms with E-state index in [1.54, 1.807) is 12.1 Å². The van der Waals surface area contributed by atoms with E-state index in [0.717, 1.165) is 12.1 Å². The molecule has 1 aliphatic rings. The van der Waals surface area contributed by atoms with E-state index < -0.39 is 5.97 Å². The minimum Gasteiger partial charge on any atom is -0.478 e. The molecule has 1 fully saturated rings. The van der Waals surface area contributed by atoms with E-state index in [-0.39, 0.29) is 5.56 Å². The van der Waals surface area contributed by atoms with Crippen molar-refractivity contribution in [2.75, 3.05) is 5.32 Å². The summed E-state index contributed by atoms with van der Waals surface area (Å²) in [5, 5.41) is 12.9. The highest BCUT2D eigenvalue weighted by Crippen LogP contribution is 2.32. The van der Waals surface area contributed by atoms with Crippen molar-refractivity contribution in [3.63, 3.8) is 0 Å². The Morgan fingerprint density at radius 3 is 2.79 bits per heavy atom. The zero-order valence-electron chi connectivity index (χ0n) is 11.2. The minimum atomic E-state index is -0.947. The number of carboxylic acid groups (broad SMARTS) is 1. The number of nitrogens with one attached hydrogen (secondary N) is 1. The normalized spacial score (nSPS) is 23.1. The molecule has 104 valence electrons. The van der Waals surface area contributed by atoms with Crippen LogP contribution in [0.15, 0.2) is 18.2 Å². The Bertz CT molecular complexity index is 461. The summed E-state index contributed by atoms with van der Waals surface area (Å²) >= 11 is 6.16. The smallest absolute Gasteiger partial charge is 0.335 e. The first-order valence-corrected chi connectivity index (χ1v) is 7.29. The molecule has 3 nitrogen and oxygen atoms in total. The van der Waals surface area contributed by atoms with E-state index in [1.165, 1.54) is 31.7 Å². The lowest BCUT2D eigenvalue weighted by atomic mass is 9.83. The van der Waals surface area contributed by atoms with Crippen molar-refractivity contribution in [2.45, 2.75) is 45.1 Å². The Hall–Kier alpha value is -1.22. The number of hydrogen-bond acceptors (Lipinski definition) is 2. The second-order valence-corrected chi connectivity index (χ2v) is 5.61. The molecule has 0 aromatic heterocycles. The predicted molar refractivity (Wildman–Crippen MR) is 78.1 cm³/mol. The molecule has 0 saturated heterocycles. The van der Waals surface area contributed by atoms with Crippen LogP contribution in [0.3, 0.4) is 0 Å². The standard InChI is InChI=1S/C15H20ClNO2/c1-2-10-5-3-4-6-13(10)17-14-8-7-11(15(18)19)9-12(14)16/h7-10,13,17H,2-6H2,1H3,(H,18,19). The van der Waals surface area contributed by atoms with Crippen LogP contribution in [0.5, 0.6) is 0 Å². The quantitative estimate of drug-likeness (QED) is 0.859. The summed E-state index contributed by atoms with van der Waals surface area (Å²) in [4.78, 5) is 10.9. The molecule has 2 unspecified atom stereocenters. The zero-order valence-corrected chi connectivity index (χ0v) is 11.9. The average molecular weight is 282 g/mol. The SMILES string of the molecule is CCC1CCCCC1Nc1ccc(C(=O)O)cc1Cl. The first-order chi connectivity index (χ1) is 9.11. The molecule has 2 rings (SSSR count). The molecule has 1 aliphatic carbocycles. The number of benzene rings is 1. The molecule has 19 heavy (non-hydrogen) atoms. The number of hydrogen-bond donors (Lipinski definition) is 2. The second kappa shape index (κ2) is 6.29. The van der Waals surface area contributed by atoms with E-state index >= 15 is 0 Å². The van der Waals surface area contributed by atoms with Crippen LogP contribution in [0.1, 0.15) is 49.4 Å². The Morgan fingerprint density at radius 1 is 1.42 bits per heavy atom. The molecule has 4 heteroatoms. The molecule has 1 saturated carbocycles. The molecule has 0 bridgehead atoms. The lowest BCUT2D eigenvalue weighted by Crippen LogP contribution is -2.31. The van der Waals surface area contributed by atoms with Gasteiger partial charge in [0.1, 0.15) is 0 Å². The van der Waals surface area contributed by atoms with Crippen LogP contribution in [0.4, 0.5) is 5.69 Å². The van der Waals surface area contributed by atoms with Gasteiger partial charge in [0.2, 0.25) is 0 Å². The van der Waals surface area contributed by atoms with Crippen LogP contribution < -0.4 is 5.32 Å². The summed E-state index contributed by atoms with van der Waals surface area (Å²) in [6.45, 7) is 2.22. The van der Waals surface area contributed by atoms with Gasteiger partial charge in [-0.2, -0.15) is 0 Å². The predicted octanol–water partition coefficient (Wildman–Crippen LogP) is 4.42. The number of carboxylic acids is 1. The van der Waals surface area contributed by atoms with Gasteiger partial charge in [0.25, 0.3) is 0 Å². The maximum Gasteiger partial charge on any atom is 0.335 e. The number of halogens is 1. The summed E-state index contributed by atoms with van der Waals surface area (Å²) in [5.41, 5.74) is 1.07. The van der Waals surface area contributed by atoms with E-state index in [4.69, 9.17) is 16.7 Å². The van der Waals surface area contributed by atoms with Crippen LogP contribution in [0.25, 0.3) is 0 Å². The minimum absolute atomic E-state index is 0.228. The summed E-state index contributed by atoms with van der Waals surface area (Å²) in [5.74, 6) is -0.262. The molecule has 1 aromatic rings. The fourth-order valence-electron chi connectivity index (χ4n) is 2.85. The van der Waals surface area contributed by atoms with Crippen LogP contribution in [-0.2, 0) is 0 Å². The highest BCUT2D eigenvalue weighted by Gasteiger charge is 2.24. The first-order valence-electron chi connectivity index (χ1n) is 6.91. The molecule has 0 radical (unpaired) electrons. The van der Waals surface area contributed by atoms with E-state index in [1.807, 2.05) is 0 Å². The van der Waals surface area contributed by atoms with Gasteiger partial charge in [-0.15, -0.1) is 0 Å². The van der Waals surface area contributed by atoms with Gasteiger partial charge >= 0.3 is 5.97 Å². The van der Waals surface area contributed by atoms with Gasteiger partial charge in [0.05, 0.1) is 16.3 Å². The third kappa shape index (κ3) is 3.41. The fourth-order valence-corrected chi connectivity index (χ4v) is 3.09. The molecular weight excluding hydrogens is 262 g/mol. The molecule has 0 amide bonds. The van der Waals surface area contributed by atoms with Crippen molar-refractivity contribution in [3.8, 4) is 0 Å². The molecule has 0 spiro atoms. The molecule has 1 aromatic carbocycles. The molecule has 0 heterocycles. The van der Waals surface area contributed by atoms with Crippen LogP contribution in [0.2, 0.25) is 5.02 Å². The number of rotatable bonds is 4. The van der Waals surface area contributed by atoms with E-state index in [2.05, 4.69) is 12.2 Å². The third-order valence-corrected chi connectivity index (χ3v) is 4.30. The van der Waals surface area contributed by atoms with Gasteiger partial charge in [-0.3, -0.25) is 0 Å². The van der Waals surface area contributed by atoms with E-state index in [0.29, 0.717) is 17.0 Å². The second-order valence-electron chi connectivity index (χ2n) is 5.20. The maximum absolute atomic E-state index is 10.9. The molecule has 0 aliphatic heterocycles. The lowest BCUT2D eigenvalue weighted by molar-refractivity contribution is 0.0697. The zero-order chi connectivity index (χ0) is 13.8. The summed E-state index contributed by atoms with van der Waals surface area (Å²) in [6.07, 6.45) is 6.15. The Labute approximate surface area is 119 Å². The third-order valence-electron chi connectivity index (χ3n) is 3.99. The Kier molecular flexibility index (Phi) is 4.70. The molecule has 2 N–H and O–H groups in total. The van der Waals surface area contributed by atoms with Crippen molar-refractivity contribution < 1.29 is 9.90 Å². The largest absolute Gasteiger partial charge is 0.478 e. The van der Waals surface area contributed by atoms with Gasteiger partial charge in [-0.25, -0.2) is 4.79 Å². The number of anilines is 1. The van der Waals surface area contributed by atoms with Gasteiger partial charge in [-0.05, 0) is 37.0 Å². The number of carbonyl (C=O) groups is 1. The van der Waals surface area contributed by atoms with Crippen molar-refractivity contribution in [3.05, 3.63) is 28.8 Å². The molecule has 2 atom stereocenters. The fraction of sp³-hybridized carbons (Fsp3) is 0.533. The summed E-state index contributed by atoms with van der Waals surface area (Å²) < 4.78 is 0. The van der Waals surface area contributed by atoms with E-state index in [9.17, 15) is 4.79 Å². The van der Waals surface area contributed by atoms with Crippen molar-refractivity contribution >= 4 is 23.3 Å². The lowest BCUT2D eigenvalue weighted by Gasteiger charge is -2.32. The highest BCUT2D eigenvalue weighted by molar-refractivity contribution is 6.33. The van der Waals surface area contributed by atoms with Crippen molar-refractivity contribution in [1.82, 2.24) is 0 Å². The maximum atomic E-state index is 10.9. The van der Waals surface area contributed by atoms with Crippen LogP contribution in [-0.4, -0.2) is 17.1 Å². The van der Waals surface area contributed by atoms with Gasteiger partial charge in [0, 0.05) is 6.04 Å². The first kappa shape index (κ1) is 14.2. The van der Waals surface area contributed by atoms with Crippen molar-refractivity contribution in [2.24, 2.45) is 5.92 Å². The summed E-state index contributed by atoms with van der Waals surface area (Å²) in [7, 11) is 0. The Morgan fingerprint density at radius 2 is 2.16 bits per heavy atom. The number of aromatic carboxylic acids is 1.